The molecule has 0 aromatic rings. The molecule has 9 nitrogen and oxygen atoms in total. The van der Waals surface area contributed by atoms with E-state index < -0.39 is 32.5 Å². The van der Waals surface area contributed by atoms with Gasteiger partial charge >= 0.3 is 11.9 Å². The van der Waals surface area contributed by atoms with Gasteiger partial charge in [-0.15, -0.1) is 0 Å². The van der Waals surface area contributed by atoms with Crippen LogP contribution in [0.25, 0.3) is 0 Å². The molecule has 0 saturated carbocycles. The number of nitrogens with zero attached hydrogens (tertiary/aromatic N) is 1. The van der Waals surface area contributed by atoms with Gasteiger partial charge in [-0.05, 0) is 51.4 Å². The Kier molecular flexibility index (Phi) is 40.4. The molecule has 0 fully saturated rings. The van der Waals surface area contributed by atoms with Crippen molar-refractivity contribution < 1.29 is 42.1 Å². The highest BCUT2D eigenvalue weighted by atomic mass is 31.2. The Labute approximate surface area is 368 Å². The van der Waals surface area contributed by atoms with E-state index in [-0.39, 0.29) is 26.1 Å². The Hall–Kier alpha value is -2.29. The molecular formula is C50H90NO8P. The van der Waals surface area contributed by atoms with Crippen LogP contribution in [0.1, 0.15) is 194 Å². The Morgan fingerprint density at radius 2 is 0.933 bits per heavy atom. The van der Waals surface area contributed by atoms with Crippen LogP contribution in [0.3, 0.4) is 0 Å². The van der Waals surface area contributed by atoms with Crippen molar-refractivity contribution in [2.45, 2.75) is 200 Å². The van der Waals surface area contributed by atoms with Crippen molar-refractivity contribution in [2.75, 3.05) is 47.5 Å². The minimum absolute atomic E-state index is 0.0452. The van der Waals surface area contributed by atoms with E-state index in [1.807, 2.05) is 33.3 Å². The number of carbonyl (C=O) groups excluding carboxylic acids is 2. The normalized spacial score (nSPS) is 14.0. The molecular weight excluding hydrogens is 774 g/mol. The van der Waals surface area contributed by atoms with Crippen molar-refractivity contribution in [1.29, 1.82) is 0 Å². The van der Waals surface area contributed by atoms with Gasteiger partial charge in [0.1, 0.15) is 19.8 Å². The number of rotatable bonds is 43. The van der Waals surface area contributed by atoms with Gasteiger partial charge in [-0.25, -0.2) is 0 Å². The number of quaternary nitrogens is 1. The molecule has 0 radical (unpaired) electrons. The molecule has 0 amide bonds. The van der Waals surface area contributed by atoms with Gasteiger partial charge in [0.05, 0.1) is 27.7 Å². The first kappa shape index (κ1) is 57.7. The van der Waals surface area contributed by atoms with Crippen LogP contribution in [-0.2, 0) is 32.7 Å². The molecule has 60 heavy (non-hydrogen) atoms. The average Bonchev–Trinajstić information content (AvgIpc) is 3.20. The van der Waals surface area contributed by atoms with E-state index in [1.54, 1.807) is 0 Å². The van der Waals surface area contributed by atoms with Crippen LogP contribution in [0.4, 0.5) is 0 Å². The van der Waals surface area contributed by atoms with Gasteiger partial charge < -0.3 is 27.9 Å². The molecule has 0 aliphatic heterocycles. The number of esters is 2. The first-order valence-electron chi connectivity index (χ1n) is 24.0. The molecule has 0 heterocycles. The standard InChI is InChI=1S/C50H90NO8P/c1-6-8-10-12-14-16-18-20-22-24-25-27-29-31-33-35-37-39-41-43-50(53)59-48(47-58-60(54,55)57-45-44-51(3,4)5)46-56-49(52)42-40-38-36-34-32-30-28-26-23-21-19-17-15-13-11-9-7-2/h14,16,20,22,25,27,31,33,37,39,48H,6-13,15,17-19,21,23-24,26,28-30,32,34-36,38,40-47H2,1-5H3/b16-14-,22-20-,27-25-,33-31-,39-37-/t48-/m1/s1. The van der Waals surface area contributed by atoms with E-state index in [0.717, 1.165) is 44.9 Å². The zero-order valence-corrected chi connectivity index (χ0v) is 40.0. The third kappa shape index (κ3) is 45.2. The lowest BCUT2D eigenvalue weighted by molar-refractivity contribution is -0.870. The monoisotopic (exact) mass is 864 g/mol. The maximum Gasteiger partial charge on any atom is 0.306 e. The lowest BCUT2D eigenvalue weighted by Gasteiger charge is -2.28. The van der Waals surface area contributed by atoms with Gasteiger partial charge in [0.25, 0.3) is 7.82 Å². The zero-order chi connectivity index (χ0) is 44.3. The lowest BCUT2D eigenvalue weighted by Crippen LogP contribution is -2.37. The van der Waals surface area contributed by atoms with E-state index in [4.69, 9.17) is 18.5 Å². The smallest absolute Gasteiger partial charge is 0.306 e. The van der Waals surface area contributed by atoms with E-state index in [1.165, 1.54) is 116 Å². The first-order valence-corrected chi connectivity index (χ1v) is 25.5. The van der Waals surface area contributed by atoms with Crippen LogP contribution in [0.2, 0.25) is 0 Å². The maximum absolute atomic E-state index is 12.7. The predicted octanol–water partition coefficient (Wildman–Crippen LogP) is 13.4. The van der Waals surface area contributed by atoms with Crippen molar-refractivity contribution in [2.24, 2.45) is 0 Å². The fourth-order valence-corrected chi connectivity index (χ4v) is 7.01. The fourth-order valence-electron chi connectivity index (χ4n) is 6.28. The highest BCUT2D eigenvalue weighted by Crippen LogP contribution is 2.38. The van der Waals surface area contributed by atoms with Crippen LogP contribution < -0.4 is 4.89 Å². The van der Waals surface area contributed by atoms with Crippen molar-refractivity contribution in [3.8, 4) is 0 Å². The molecule has 0 spiro atoms. The van der Waals surface area contributed by atoms with Crippen molar-refractivity contribution >= 4 is 19.8 Å². The minimum atomic E-state index is -4.65. The summed E-state index contributed by atoms with van der Waals surface area (Å²) in [6.45, 7) is 4.13. The molecule has 0 aliphatic carbocycles. The average molecular weight is 864 g/mol. The fraction of sp³-hybridized carbons (Fsp3) is 0.760. The molecule has 0 aromatic heterocycles. The summed E-state index contributed by atoms with van der Waals surface area (Å²) in [5.74, 6) is -0.928. The van der Waals surface area contributed by atoms with Gasteiger partial charge in [0, 0.05) is 12.8 Å². The van der Waals surface area contributed by atoms with Crippen LogP contribution in [0.5, 0.6) is 0 Å². The molecule has 0 saturated heterocycles. The summed E-state index contributed by atoms with van der Waals surface area (Å²) < 4.78 is 33.9. The summed E-state index contributed by atoms with van der Waals surface area (Å²) in [4.78, 5) is 37.6. The van der Waals surface area contributed by atoms with E-state index >= 15 is 0 Å². The molecule has 0 bridgehead atoms. The van der Waals surface area contributed by atoms with E-state index in [9.17, 15) is 19.0 Å². The van der Waals surface area contributed by atoms with Crippen molar-refractivity contribution in [1.82, 2.24) is 0 Å². The number of phosphoric acid groups is 1. The van der Waals surface area contributed by atoms with Gasteiger partial charge in [-0.2, -0.15) is 0 Å². The number of hydrogen-bond donors (Lipinski definition) is 0. The Bertz CT molecular complexity index is 1210. The Morgan fingerprint density at radius 3 is 1.40 bits per heavy atom. The highest BCUT2D eigenvalue weighted by molar-refractivity contribution is 7.45. The number of phosphoric ester groups is 1. The summed E-state index contributed by atoms with van der Waals surface area (Å²) in [5.41, 5.74) is 0. The van der Waals surface area contributed by atoms with Crippen LogP contribution in [0, 0.1) is 0 Å². The second-order valence-corrected chi connectivity index (χ2v) is 18.5. The Balaban J connectivity index is 4.42. The Morgan fingerprint density at radius 1 is 0.517 bits per heavy atom. The summed E-state index contributed by atoms with van der Waals surface area (Å²) in [7, 11) is 1.12. The summed E-state index contributed by atoms with van der Waals surface area (Å²) in [6.07, 6.45) is 51.2. The molecule has 0 aliphatic rings. The van der Waals surface area contributed by atoms with Gasteiger partial charge in [-0.1, -0.05) is 190 Å². The van der Waals surface area contributed by atoms with Gasteiger partial charge in [-0.3, -0.25) is 14.2 Å². The number of unbranched alkanes of at least 4 members (excludes halogenated alkanes) is 19. The maximum atomic E-state index is 12.7. The number of ether oxygens (including phenoxy) is 2. The second-order valence-electron chi connectivity index (χ2n) is 17.1. The van der Waals surface area contributed by atoms with Gasteiger partial charge in [0.2, 0.25) is 0 Å². The zero-order valence-electron chi connectivity index (χ0n) is 39.1. The molecule has 0 N–H and O–H groups in total. The minimum Gasteiger partial charge on any atom is -0.756 e. The molecule has 348 valence electrons. The van der Waals surface area contributed by atoms with Crippen LogP contribution >= 0.6 is 7.82 Å². The lowest BCUT2D eigenvalue weighted by atomic mass is 10.0. The van der Waals surface area contributed by atoms with Crippen LogP contribution in [-0.4, -0.2) is 70.0 Å². The quantitative estimate of drug-likeness (QED) is 0.0196. The molecule has 1 unspecified atom stereocenters. The predicted molar refractivity (Wildman–Crippen MR) is 250 cm³/mol. The summed E-state index contributed by atoms with van der Waals surface area (Å²) >= 11 is 0. The third-order valence-electron chi connectivity index (χ3n) is 10.1. The first-order chi connectivity index (χ1) is 29.0. The highest BCUT2D eigenvalue weighted by Gasteiger charge is 2.21. The third-order valence-corrected chi connectivity index (χ3v) is 11.0. The summed E-state index contributed by atoms with van der Waals surface area (Å²) in [6, 6.07) is 0. The topological polar surface area (TPSA) is 111 Å². The number of hydrogen-bond acceptors (Lipinski definition) is 8. The van der Waals surface area contributed by atoms with Crippen molar-refractivity contribution in [3.05, 3.63) is 60.8 Å². The number of carbonyl (C=O) groups is 2. The second kappa shape index (κ2) is 42.0. The number of likely N-dealkylation sites (N-methyl/N-ethyl adjacent to an activating group) is 1. The van der Waals surface area contributed by atoms with Crippen molar-refractivity contribution in [3.63, 3.8) is 0 Å². The molecule has 0 aromatic carbocycles. The summed E-state index contributed by atoms with van der Waals surface area (Å²) in [5, 5.41) is 0. The largest absolute Gasteiger partial charge is 0.756 e. The number of allylic oxidation sites excluding steroid dienone is 10. The molecule has 0 rings (SSSR count). The van der Waals surface area contributed by atoms with Crippen LogP contribution in [0.15, 0.2) is 60.8 Å². The molecule has 10 heteroatoms. The van der Waals surface area contributed by atoms with E-state index in [0.29, 0.717) is 17.4 Å². The van der Waals surface area contributed by atoms with Gasteiger partial charge in [0.15, 0.2) is 6.10 Å². The van der Waals surface area contributed by atoms with E-state index in [2.05, 4.69) is 62.5 Å². The SMILES string of the molecule is CCCCC/C=C\C/C=C\C/C=C\C/C=C\C/C=C\CCC(=O)O[C@H](COC(=O)CCCCCCCCCCCCCCCCCCC)COP(=O)([O-])OCC[N+](C)(C)C. The molecule has 2 atom stereocenters.